The van der Waals surface area contributed by atoms with Crippen molar-refractivity contribution in [3.8, 4) is 23.0 Å². The average molecular weight is 497 g/mol. The van der Waals surface area contributed by atoms with Crippen LogP contribution in [0, 0.1) is 0 Å². The van der Waals surface area contributed by atoms with Crippen molar-refractivity contribution in [3.63, 3.8) is 0 Å². The van der Waals surface area contributed by atoms with E-state index < -0.39 is 0 Å². The monoisotopic (exact) mass is 496 g/mol. The van der Waals surface area contributed by atoms with Crippen LogP contribution in [0.3, 0.4) is 0 Å². The van der Waals surface area contributed by atoms with E-state index in [0.29, 0.717) is 37.6 Å². The summed E-state index contributed by atoms with van der Waals surface area (Å²) in [6, 6.07) is 14.8. The SMILES string of the molecule is C[C@H](NC(=O)CCCCCCC(=O)N[C@@H](C)[C@@H]1COc2ccccc2O1)[C@@H]1COc2ccccc2O1. The highest BCUT2D eigenvalue weighted by Gasteiger charge is 2.28. The van der Waals surface area contributed by atoms with Crippen LogP contribution in [0.15, 0.2) is 48.5 Å². The van der Waals surface area contributed by atoms with Crippen LogP contribution in [0.5, 0.6) is 23.0 Å². The van der Waals surface area contributed by atoms with Gasteiger partial charge in [0.25, 0.3) is 0 Å². The number of carbonyl (C=O) groups is 2. The van der Waals surface area contributed by atoms with Crippen LogP contribution in [0.25, 0.3) is 0 Å². The first-order chi connectivity index (χ1) is 17.5. The van der Waals surface area contributed by atoms with Gasteiger partial charge in [0.1, 0.15) is 13.2 Å². The van der Waals surface area contributed by atoms with Gasteiger partial charge in [-0.05, 0) is 51.0 Å². The van der Waals surface area contributed by atoms with Gasteiger partial charge in [-0.2, -0.15) is 0 Å². The van der Waals surface area contributed by atoms with E-state index in [9.17, 15) is 9.59 Å². The molecule has 0 unspecified atom stereocenters. The number of ether oxygens (including phenoxy) is 4. The summed E-state index contributed by atoms with van der Waals surface area (Å²) in [6.45, 7) is 4.68. The molecule has 0 spiro atoms. The lowest BCUT2D eigenvalue weighted by Gasteiger charge is -2.30. The van der Waals surface area contributed by atoms with Crippen molar-refractivity contribution in [2.75, 3.05) is 13.2 Å². The molecule has 0 fully saturated rings. The highest BCUT2D eigenvalue weighted by molar-refractivity contribution is 5.76. The molecule has 8 heteroatoms. The van der Waals surface area contributed by atoms with E-state index in [1.54, 1.807) is 0 Å². The second kappa shape index (κ2) is 12.5. The Kier molecular flexibility index (Phi) is 8.92. The summed E-state index contributed by atoms with van der Waals surface area (Å²) in [7, 11) is 0. The standard InChI is InChI=1S/C28H36N2O6/c1-19(25-17-33-21-11-7-9-13-23(21)35-25)29-27(31)15-5-3-4-6-16-28(32)30-20(2)26-18-34-22-12-8-10-14-24(22)36-26/h7-14,19-20,25-26H,3-6,15-18H2,1-2H3,(H,29,31)(H,30,32)/t19-,20-,25-,26-/m0/s1. The molecule has 0 radical (unpaired) electrons. The molecule has 2 aliphatic heterocycles. The second-order valence-corrected chi connectivity index (χ2v) is 9.45. The zero-order chi connectivity index (χ0) is 25.3. The van der Waals surface area contributed by atoms with Gasteiger partial charge < -0.3 is 29.6 Å². The first kappa shape index (κ1) is 25.7. The summed E-state index contributed by atoms with van der Waals surface area (Å²) < 4.78 is 23.4. The van der Waals surface area contributed by atoms with Gasteiger partial charge in [0.05, 0.1) is 12.1 Å². The lowest BCUT2D eigenvalue weighted by Crippen LogP contribution is -2.48. The Bertz CT molecular complexity index is 947. The Balaban J connectivity index is 1.05. The van der Waals surface area contributed by atoms with Crippen LogP contribution in [0.2, 0.25) is 0 Å². The van der Waals surface area contributed by atoms with E-state index in [-0.39, 0.29) is 36.1 Å². The minimum absolute atomic E-state index is 0.00722. The molecule has 0 saturated carbocycles. The maximum Gasteiger partial charge on any atom is 0.220 e. The third kappa shape index (κ3) is 7.06. The van der Waals surface area contributed by atoms with E-state index >= 15 is 0 Å². The molecular weight excluding hydrogens is 460 g/mol. The summed E-state index contributed by atoms with van der Waals surface area (Å²) in [6.07, 6.45) is 3.85. The normalized spacial score (nSPS) is 19.6. The molecule has 194 valence electrons. The van der Waals surface area contributed by atoms with Crippen LogP contribution < -0.4 is 29.6 Å². The maximum atomic E-state index is 12.3. The molecule has 36 heavy (non-hydrogen) atoms. The number of hydrogen-bond acceptors (Lipinski definition) is 6. The zero-order valence-electron chi connectivity index (χ0n) is 21.0. The Morgan fingerprint density at radius 2 is 1.08 bits per heavy atom. The first-order valence-corrected chi connectivity index (χ1v) is 12.9. The predicted octanol–water partition coefficient (Wildman–Crippen LogP) is 4.02. The number of nitrogens with one attached hydrogen (secondary N) is 2. The molecule has 0 bridgehead atoms. The topological polar surface area (TPSA) is 95.1 Å². The number of rotatable bonds is 11. The van der Waals surface area contributed by atoms with E-state index in [2.05, 4.69) is 10.6 Å². The molecule has 0 saturated heterocycles. The summed E-state index contributed by atoms with van der Waals surface area (Å²) >= 11 is 0. The van der Waals surface area contributed by atoms with Gasteiger partial charge >= 0.3 is 0 Å². The van der Waals surface area contributed by atoms with Crippen molar-refractivity contribution in [1.29, 1.82) is 0 Å². The summed E-state index contributed by atoms with van der Waals surface area (Å²) in [5.41, 5.74) is 0. The Labute approximate surface area is 212 Å². The van der Waals surface area contributed by atoms with Gasteiger partial charge in [0, 0.05) is 12.8 Å². The number of amides is 2. The molecule has 2 amide bonds. The van der Waals surface area contributed by atoms with Crippen molar-refractivity contribution in [1.82, 2.24) is 10.6 Å². The summed E-state index contributed by atoms with van der Waals surface area (Å²) in [5.74, 6) is 2.90. The fourth-order valence-corrected chi connectivity index (χ4v) is 4.33. The fourth-order valence-electron chi connectivity index (χ4n) is 4.33. The lowest BCUT2D eigenvalue weighted by atomic mass is 10.1. The van der Waals surface area contributed by atoms with Gasteiger partial charge in [-0.15, -0.1) is 0 Å². The summed E-state index contributed by atoms with van der Waals surface area (Å²) in [4.78, 5) is 24.7. The average Bonchev–Trinajstić information content (AvgIpc) is 2.90. The minimum Gasteiger partial charge on any atom is -0.486 e. The van der Waals surface area contributed by atoms with Crippen molar-refractivity contribution in [2.45, 2.75) is 76.7 Å². The van der Waals surface area contributed by atoms with Crippen LogP contribution >= 0.6 is 0 Å². The van der Waals surface area contributed by atoms with Crippen molar-refractivity contribution < 1.29 is 28.5 Å². The quantitative estimate of drug-likeness (QED) is 0.457. The number of unbranched alkanes of at least 4 members (excludes halogenated alkanes) is 3. The zero-order valence-corrected chi connectivity index (χ0v) is 21.0. The minimum atomic E-state index is -0.218. The first-order valence-electron chi connectivity index (χ1n) is 12.9. The molecule has 0 aromatic heterocycles. The Morgan fingerprint density at radius 1 is 0.694 bits per heavy atom. The number of hydrogen-bond donors (Lipinski definition) is 2. The van der Waals surface area contributed by atoms with Gasteiger partial charge in [-0.3, -0.25) is 9.59 Å². The third-order valence-electron chi connectivity index (χ3n) is 6.51. The van der Waals surface area contributed by atoms with Gasteiger partial charge in [0.15, 0.2) is 35.2 Å². The van der Waals surface area contributed by atoms with Crippen LogP contribution in [0.4, 0.5) is 0 Å². The predicted molar refractivity (Wildman–Crippen MR) is 136 cm³/mol. The Morgan fingerprint density at radius 3 is 1.50 bits per heavy atom. The van der Waals surface area contributed by atoms with Crippen molar-refractivity contribution in [2.24, 2.45) is 0 Å². The van der Waals surface area contributed by atoms with Crippen LogP contribution in [-0.4, -0.2) is 49.3 Å². The molecule has 4 rings (SSSR count). The molecular formula is C28H36N2O6. The molecule has 2 heterocycles. The highest BCUT2D eigenvalue weighted by Crippen LogP contribution is 2.32. The molecule has 2 aromatic rings. The number of benzene rings is 2. The van der Waals surface area contributed by atoms with Crippen molar-refractivity contribution in [3.05, 3.63) is 48.5 Å². The second-order valence-electron chi connectivity index (χ2n) is 9.45. The molecule has 4 atom stereocenters. The lowest BCUT2D eigenvalue weighted by molar-refractivity contribution is -0.123. The van der Waals surface area contributed by atoms with Crippen LogP contribution in [0.1, 0.15) is 52.4 Å². The number of para-hydroxylation sites is 4. The largest absolute Gasteiger partial charge is 0.486 e. The summed E-state index contributed by atoms with van der Waals surface area (Å²) in [5, 5.41) is 6.04. The van der Waals surface area contributed by atoms with Gasteiger partial charge in [0.2, 0.25) is 11.8 Å². The number of carbonyl (C=O) groups excluding carboxylic acids is 2. The van der Waals surface area contributed by atoms with Gasteiger partial charge in [-0.1, -0.05) is 37.1 Å². The Hall–Kier alpha value is -3.42. The van der Waals surface area contributed by atoms with E-state index in [1.165, 1.54) is 0 Å². The van der Waals surface area contributed by atoms with E-state index in [4.69, 9.17) is 18.9 Å². The number of fused-ring (bicyclic) bond motifs is 2. The van der Waals surface area contributed by atoms with Crippen LogP contribution in [-0.2, 0) is 9.59 Å². The molecule has 2 N–H and O–H groups in total. The van der Waals surface area contributed by atoms with Crippen molar-refractivity contribution >= 4 is 11.8 Å². The molecule has 8 nitrogen and oxygen atoms in total. The third-order valence-corrected chi connectivity index (χ3v) is 6.51. The highest BCUT2D eigenvalue weighted by atomic mass is 16.6. The van der Waals surface area contributed by atoms with Gasteiger partial charge in [-0.25, -0.2) is 0 Å². The molecule has 0 aliphatic carbocycles. The van der Waals surface area contributed by atoms with E-state index in [1.807, 2.05) is 62.4 Å². The van der Waals surface area contributed by atoms with E-state index in [0.717, 1.165) is 37.2 Å². The fraction of sp³-hybridized carbons (Fsp3) is 0.500. The smallest absolute Gasteiger partial charge is 0.220 e. The molecule has 2 aromatic carbocycles. The maximum absolute atomic E-state index is 12.3. The molecule has 2 aliphatic rings.